The highest BCUT2D eigenvalue weighted by molar-refractivity contribution is 6.30. The first kappa shape index (κ1) is 16.0. The Labute approximate surface area is 140 Å². The lowest BCUT2D eigenvalue weighted by Crippen LogP contribution is -2.33. The number of amides is 1. The molecule has 1 atom stereocenters. The molecule has 1 aromatic heterocycles. The van der Waals surface area contributed by atoms with Crippen molar-refractivity contribution in [1.29, 1.82) is 0 Å². The molecule has 4 nitrogen and oxygen atoms in total. The van der Waals surface area contributed by atoms with Crippen LogP contribution >= 0.6 is 11.6 Å². The van der Waals surface area contributed by atoms with Crippen LogP contribution in [-0.4, -0.2) is 26.9 Å². The lowest BCUT2D eigenvalue weighted by Gasteiger charge is -2.24. The molecule has 1 saturated carbocycles. The molecule has 1 aromatic carbocycles. The molecule has 2 aromatic rings. The molecule has 0 aliphatic heterocycles. The summed E-state index contributed by atoms with van der Waals surface area (Å²) in [6, 6.07) is 11.1. The molecule has 3 rings (SSSR count). The normalized spacial score (nSPS) is 15.2. The third-order valence-corrected chi connectivity index (χ3v) is 4.28. The van der Waals surface area contributed by atoms with Gasteiger partial charge in [-0.25, -0.2) is 0 Å². The smallest absolute Gasteiger partial charge is 0.226 e. The van der Waals surface area contributed by atoms with E-state index in [0.717, 1.165) is 18.4 Å². The molecule has 120 valence electrons. The SMILES string of the molecule is O=C(CC(O)c1ccc(Cl)cc1)N(Cc1ccncc1)C1CC1. The average molecular weight is 331 g/mol. The van der Waals surface area contributed by atoms with E-state index in [1.165, 1.54) is 0 Å². The highest BCUT2D eigenvalue weighted by Gasteiger charge is 2.33. The number of carbonyl (C=O) groups excluding carboxylic acids is 1. The number of aliphatic hydroxyl groups excluding tert-OH is 1. The second kappa shape index (κ2) is 7.11. The Morgan fingerprint density at radius 2 is 1.87 bits per heavy atom. The van der Waals surface area contributed by atoms with Gasteiger partial charge in [0.05, 0.1) is 12.5 Å². The van der Waals surface area contributed by atoms with Crippen LogP contribution in [-0.2, 0) is 11.3 Å². The van der Waals surface area contributed by atoms with Gasteiger partial charge in [0.15, 0.2) is 0 Å². The van der Waals surface area contributed by atoms with E-state index in [-0.39, 0.29) is 12.3 Å². The van der Waals surface area contributed by atoms with Crippen molar-refractivity contribution in [2.75, 3.05) is 0 Å². The van der Waals surface area contributed by atoms with Gasteiger partial charge in [0.2, 0.25) is 5.91 Å². The van der Waals surface area contributed by atoms with Crippen molar-refractivity contribution in [1.82, 2.24) is 9.88 Å². The predicted octanol–water partition coefficient (Wildman–Crippen LogP) is 3.35. The standard InChI is InChI=1S/C18H19ClN2O2/c19-15-3-1-14(2-4-15)17(22)11-18(23)21(16-5-6-16)12-13-7-9-20-10-8-13/h1-4,7-10,16-17,22H,5-6,11-12H2. The summed E-state index contributed by atoms with van der Waals surface area (Å²) in [4.78, 5) is 18.5. The summed E-state index contributed by atoms with van der Waals surface area (Å²) < 4.78 is 0. The molecule has 5 heteroatoms. The fourth-order valence-corrected chi connectivity index (χ4v) is 2.70. The summed E-state index contributed by atoms with van der Waals surface area (Å²) in [6.45, 7) is 0.569. The van der Waals surface area contributed by atoms with Crippen molar-refractivity contribution < 1.29 is 9.90 Å². The summed E-state index contributed by atoms with van der Waals surface area (Å²) in [5.41, 5.74) is 1.77. The van der Waals surface area contributed by atoms with Gasteiger partial charge in [-0.3, -0.25) is 9.78 Å². The molecule has 1 N–H and O–H groups in total. The number of hydrogen-bond donors (Lipinski definition) is 1. The molecular formula is C18H19ClN2O2. The summed E-state index contributed by atoms with van der Waals surface area (Å²) in [5, 5.41) is 10.9. The molecule has 0 spiro atoms. The van der Waals surface area contributed by atoms with Crippen molar-refractivity contribution >= 4 is 17.5 Å². The van der Waals surface area contributed by atoms with Gasteiger partial charge >= 0.3 is 0 Å². The Morgan fingerprint density at radius 1 is 1.22 bits per heavy atom. The molecule has 1 unspecified atom stereocenters. The van der Waals surface area contributed by atoms with E-state index in [9.17, 15) is 9.90 Å². The fourth-order valence-electron chi connectivity index (χ4n) is 2.58. The van der Waals surface area contributed by atoms with Crippen LogP contribution < -0.4 is 0 Å². The molecule has 1 aliphatic rings. The molecule has 1 aliphatic carbocycles. The molecule has 0 radical (unpaired) electrons. The Balaban J connectivity index is 1.65. The maximum atomic E-state index is 12.6. The fraction of sp³-hybridized carbons (Fsp3) is 0.333. The maximum absolute atomic E-state index is 12.6. The largest absolute Gasteiger partial charge is 0.388 e. The molecule has 23 heavy (non-hydrogen) atoms. The summed E-state index contributed by atoms with van der Waals surface area (Å²) in [7, 11) is 0. The van der Waals surface area contributed by atoms with E-state index in [1.54, 1.807) is 36.7 Å². The topological polar surface area (TPSA) is 53.4 Å². The number of nitrogens with zero attached hydrogens (tertiary/aromatic N) is 2. The maximum Gasteiger partial charge on any atom is 0.226 e. The van der Waals surface area contributed by atoms with E-state index < -0.39 is 6.10 Å². The number of hydrogen-bond acceptors (Lipinski definition) is 3. The molecular weight excluding hydrogens is 312 g/mol. The van der Waals surface area contributed by atoms with E-state index >= 15 is 0 Å². The molecule has 1 amide bonds. The van der Waals surface area contributed by atoms with Crippen LogP contribution in [0.15, 0.2) is 48.8 Å². The first-order chi connectivity index (χ1) is 11.1. The van der Waals surface area contributed by atoms with Gasteiger partial charge in [-0.2, -0.15) is 0 Å². The lowest BCUT2D eigenvalue weighted by molar-refractivity contribution is -0.134. The summed E-state index contributed by atoms with van der Waals surface area (Å²) >= 11 is 5.85. The van der Waals surface area contributed by atoms with Crippen LogP contribution in [0.1, 0.15) is 36.5 Å². The van der Waals surface area contributed by atoms with Crippen molar-refractivity contribution in [2.45, 2.75) is 38.0 Å². The Kier molecular flexibility index (Phi) is 4.94. The highest BCUT2D eigenvalue weighted by Crippen LogP contribution is 2.30. The highest BCUT2D eigenvalue weighted by atomic mass is 35.5. The van der Waals surface area contributed by atoms with Gasteiger partial charge in [-0.15, -0.1) is 0 Å². The predicted molar refractivity (Wildman–Crippen MR) is 88.8 cm³/mol. The second-order valence-electron chi connectivity index (χ2n) is 5.88. The summed E-state index contributed by atoms with van der Waals surface area (Å²) in [6.07, 6.45) is 4.81. The number of halogens is 1. The van der Waals surface area contributed by atoms with Crippen LogP contribution in [0.5, 0.6) is 0 Å². The Hall–Kier alpha value is -1.91. The van der Waals surface area contributed by atoms with E-state index in [1.807, 2.05) is 17.0 Å². The van der Waals surface area contributed by atoms with Crippen molar-refractivity contribution in [3.63, 3.8) is 0 Å². The Morgan fingerprint density at radius 3 is 2.48 bits per heavy atom. The van der Waals surface area contributed by atoms with Gasteiger partial charge < -0.3 is 10.0 Å². The third-order valence-electron chi connectivity index (χ3n) is 4.03. The van der Waals surface area contributed by atoms with Gasteiger partial charge in [0, 0.05) is 30.0 Å². The number of carbonyl (C=O) groups is 1. The number of aliphatic hydroxyl groups is 1. The zero-order chi connectivity index (χ0) is 16.2. The summed E-state index contributed by atoms with van der Waals surface area (Å²) in [5.74, 6) is -0.0215. The molecule has 0 bridgehead atoms. The number of aromatic nitrogens is 1. The van der Waals surface area contributed by atoms with Crippen molar-refractivity contribution in [3.05, 3.63) is 64.9 Å². The van der Waals surface area contributed by atoms with E-state index in [0.29, 0.717) is 23.2 Å². The van der Waals surface area contributed by atoms with Crippen LogP contribution in [0.3, 0.4) is 0 Å². The monoisotopic (exact) mass is 330 g/mol. The van der Waals surface area contributed by atoms with Crippen molar-refractivity contribution in [3.8, 4) is 0 Å². The average Bonchev–Trinajstić information content (AvgIpc) is 3.39. The van der Waals surface area contributed by atoms with Gasteiger partial charge in [0.1, 0.15) is 0 Å². The molecule has 1 fully saturated rings. The van der Waals surface area contributed by atoms with Crippen LogP contribution in [0, 0.1) is 0 Å². The number of rotatable bonds is 6. The van der Waals surface area contributed by atoms with Crippen LogP contribution in [0.25, 0.3) is 0 Å². The zero-order valence-electron chi connectivity index (χ0n) is 12.7. The third kappa shape index (κ3) is 4.30. The molecule has 1 heterocycles. The lowest BCUT2D eigenvalue weighted by atomic mass is 10.1. The molecule has 0 saturated heterocycles. The minimum absolute atomic E-state index is 0.0215. The zero-order valence-corrected chi connectivity index (χ0v) is 13.5. The van der Waals surface area contributed by atoms with Gasteiger partial charge in [0.25, 0.3) is 0 Å². The van der Waals surface area contributed by atoms with Gasteiger partial charge in [-0.05, 0) is 48.2 Å². The first-order valence-corrected chi connectivity index (χ1v) is 8.13. The first-order valence-electron chi connectivity index (χ1n) is 7.75. The van der Waals surface area contributed by atoms with Crippen LogP contribution in [0.4, 0.5) is 0 Å². The Bertz CT molecular complexity index is 656. The minimum Gasteiger partial charge on any atom is -0.388 e. The number of benzene rings is 1. The quantitative estimate of drug-likeness (QED) is 0.883. The van der Waals surface area contributed by atoms with E-state index in [4.69, 9.17) is 11.6 Å². The minimum atomic E-state index is -0.807. The van der Waals surface area contributed by atoms with Crippen molar-refractivity contribution in [2.24, 2.45) is 0 Å². The number of pyridine rings is 1. The van der Waals surface area contributed by atoms with Gasteiger partial charge in [-0.1, -0.05) is 23.7 Å². The van der Waals surface area contributed by atoms with Crippen LogP contribution in [0.2, 0.25) is 5.02 Å². The van der Waals surface area contributed by atoms with E-state index in [2.05, 4.69) is 4.98 Å². The second-order valence-corrected chi connectivity index (χ2v) is 6.32.